The van der Waals surface area contributed by atoms with Crippen molar-refractivity contribution in [1.29, 1.82) is 0 Å². The van der Waals surface area contributed by atoms with Gasteiger partial charge in [0.15, 0.2) is 6.04 Å². The number of nitrogens with one attached hydrogen (secondary N) is 2. The monoisotopic (exact) mass is 249 g/mol. The highest BCUT2D eigenvalue weighted by molar-refractivity contribution is 5.93. The summed E-state index contributed by atoms with van der Waals surface area (Å²) in [5.74, 6) is 0.892. The fraction of sp³-hybridized carbons (Fsp3) is 0.500. The minimum Gasteiger partial charge on any atom is -0.497 e. The molecule has 0 aromatic heterocycles. The Balaban J connectivity index is 1.93. The maximum Gasteiger partial charge on any atom is 0.282 e. The number of hydrogen-bond acceptors (Lipinski definition) is 2. The van der Waals surface area contributed by atoms with Crippen molar-refractivity contribution in [2.45, 2.75) is 25.8 Å². The first-order valence-corrected chi connectivity index (χ1v) is 6.50. The summed E-state index contributed by atoms with van der Waals surface area (Å²) >= 11 is 0. The lowest BCUT2D eigenvalue weighted by molar-refractivity contribution is -0.901. The Morgan fingerprint density at radius 2 is 1.89 bits per heavy atom. The van der Waals surface area contributed by atoms with Crippen molar-refractivity contribution < 1.29 is 14.4 Å². The third kappa shape index (κ3) is 3.01. The van der Waals surface area contributed by atoms with Gasteiger partial charge in [0.25, 0.3) is 5.91 Å². The number of carbonyl (C=O) groups excluding carboxylic acids is 1. The van der Waals surface area contributed by atoms with Gasteiger partial charge < -0.3 is 15.0 Å². The SMILES string of the molecule is COc1ccc(NC(=O)[C@H](C)[NH+]2CCCC2)cc1. The van der Waals surface area contributed by atoms with Crippen molar-refractivity contribution in [3.05, 3.63) is 24.3 Å². The first-order chi connectivity index (χ1) is 8.70. The van der Waals surface area contributed by atoms with Crippen molar-refractivity contribution >= 4 is 11.6 Å². The molecule has 1 aromatic rings. The quantitative estimate of drug-likeness (QED) is 0.825. The summed E-state index contributed by atoms with van der Waals surface area (Å²) in [6.07, 6.45) is 2.46. The summed E-state index contributed by atoms with van der Waals surface area (Å²) in [5, 5.41) is 2.95. The van der Waals surface area contributed by atoms with Gasteiger partial charge in [0.2, 0.25) is 0 Å². The van der Waals surface area contributed by atoms with E-state index in [0.29, 0.717) is 0 Å². The summed E-state index contributed by atoms with van der Waals surface area (Å²) in [5.41, 5.74) is 0.825. The minimum absolute atomic E-state index is 0.0228. The average molecular weight is 249 g/mol. The highest BCUT2D eigenvalue weighted by Crippen LogP contribution is 2.14. The molecule has 1 fully saturated rings. The zero-order chi connectivity index (χ0) is 13.0. The maximum atomic E-state index is 12.1. The molecule has 1 aromatic carbocycles. The van der Waals surface area contributed by atoms with E-state index in [1.54, 1.807) is 7.11 Å². The largest absolute Gasteiger partial charge is 0.497 e. The van der Waals surface area contributed by atoms with Crippen molar-refractivity contribution in [2.75, 3.05) is 25.5 Å². The van der Waals surface area contributed by atoms with E-state index in [-0.39, 0.29) is 11.9 Å². The lowest BCUT2D eigenvalue weighted by Crippen LogP contribution is -3.14. The molecule has 4 heteroatoms. The summed E-state index contributed by atoms with van der Waals surface area (Å²) < 4.78 is 5.09. The van der Waals surface area contributed by atoms with Gasteiger partial charge in [-0.25, -0.2) is 0 Å². The molecule has 2 N–H and O–H groups in total. The lowest BCUT2D eigenvalue weighted by Gasteiger charge is -2.20. The van der Waals surface area contributed by atoms with Gasteiger partial charge in [-0.05, 0) is 31.2 Å². The van der Waals surface area contributed by atoms with Crippen molar-refractivity contribution in [3.8, 4) is 5.75 Å². The summed E-state index contributed by atoms with van der Waals surface area (Å²) in [4.78, 5) is 13.5. The number of rotatable bonds is 4. The molecule has 18 heavy (non-hydrogen) atoms. The topological polar surface area (TPSA) is 42.8 Å². The number of anilines is 1. The lowest BCUT2D eigenvalue weighted by atomic mass is 10.2. The Morgan fingerprint density at radius 1 is 1.28 bits per heavy atom. The van der Waals surface area contributed by atoms with E-state index < -0.39 is 0 Å². The van der Waals surface area contributed by atoms with Gasteiger partial charge in [-0.1, -0.05) is 0 Å². The van der Waals surface area contributed by atoms with Crippen LogP contribution in [0.4, 0.5) is 5.69 Å². The van der Waals surface area contributed by atoms with Crippen molar-refractivity contribution in [2.24, 2.45) is 0 Å². The molecule has 1 saturated heterocycles. The van der Waals surface area contributed by atoms with Gasteiger partial charge in [0.05, 0.1) is 20.2 Å². The fourth-order valence-corrected chi connectivity index (χ4v) is 2.37. The molecule has 0 aliphatic carbocycles. The standard InChI is InChI=1S/C14H20N2O2/c1-11(16-9-3-4-10-16)14(17)15-12-5-7-13(18-2)8-6-12/h5-8,11H,3-4,9-10H2,1-2H3,(H,15,17)/p+1/t11-/m0/s1. The fourth-order valence-electron chi connectivity index (χ4n) is 2.37. The van der Waals surface area contributed by atoms with Crippen LogP contribution in [0.3, 0.4) is 0 Å². The normalized spacial score (nSPS) is 17.4. The Morgan fingerprint density at radius 3 is 2.44 bits per heavy atom. The molecule has 0 spiro atoms. The molecule has 4 nitrogen and oxygen atoms in total. The zero-order valence-electron chi connectivity index (χ0n) is 11.0. The first kappa shape index (κ1) is 12.9. The van der Waals surface area contributed by atoms with Crippen LogP contribution in [0.2, 0.25) is 0 Å². The molecule has 1 aliphatic rings. The van der Waals surface area contributed by atoms with E-state index in [1.165, 1.54) is 17.7 Å². The Kier molecular flexibility index (Phi) is 4.20. The number of amides is 1. The van der Waals surface area contributed by atoms with Crippen LogP contribution in [0, 0.1) is 0 Å². The van der Waals surface area contributed by atoms with Crippen LogP contribution in [0.25, 0.3) is 0 Å². The third-order valence-electron chi connectivity index (χ3n) is 3.61. The highest BCUT2D eigenvalue weighted by atomic mass is 16.5. The van der Waals surface area contributed by atoms with Crippen LogP contribution in [0.1, 0.15) is 19.8 Å². The molecule has 2 rings (SSSR count). The number of quaternary nitrogens is 1. The molecule has 0 unspecified atom stereocenters. The maximum absolute atomic E-state index is 12.1. The van der Waals surface area contributed by atoms with Gasteiger partial charge in [0.1, 0.15) is 5.75 Å². The van der Waals surface area contributed by atoms with Gasteiger partial charge in [-0.15, -0.1) is 0 Å². The summed E-state index contributed by atoms with van der Waals surface area (Å²) in [6, 6.07) is 7.45. The van der Waals surface area contributed by atoms with Gasteiger partial charge in [-0.2, -0.15) is 0 Å². The number of benzene rings is 1. The van der Waals surface area contributed by atoms with E-state index in [1.807, 2.05) is 31.2 Å². The number of ether oxygens (including phenoxy) is 1. The molecule has 1 heterocycles. The van der Waals surface area contributed by atoms with Crippen LogP contribution < -0.4 is 15.0 Å². The predicted molar refractivity (Wildman–Crippen MR) is 71.0 cm³/mol. The zero-order valence-corrected chi connectivity index (χ0v) is 11.0. The summed E-state index contributed by atoms with van der Waals surface area (Å²) in [7, 11) is 1.63. The van der Waals surface area contributed by atoms with Crippen LogP contribution in [-0.4, -0.2) is 32.1 Å². The molecule has 1 amide bonds. The first-order valence-electron chi connectivity index (χ1n) is 6.50. The van der Waals surface area contributed by atoms with E-state index in [2.05, 4.69) is 5.32 Å². The van der Waals surface area contributed by atoms with Crippen LogP contribution in [0.15, 0.2) is 24.3 Å². The molecule has 0 bridgehead atoms. The van der Waals surface area contributed by atoms with Crippen LogP contribution in [-0.2, 0) is 4.79 Å². The van der Waals surface area contributed by atoms with E-state index in [0.717, 1.165) is 24.5 Å². The number of carbonyl (C=O) groups is 1. The van der Waals surface area contributed by atoms with Gasteiger partial charge in [-0.3, -0.25) is 4.79 Å². The Labute approximate surface area is 108 Å². The average Bonchev–Trinajstić information content (AvgIpc) is 2.92. The summed E-state index contributed by atoms with van der Waals surface area (Å²) in [6.45, 7) is 4.22. The predicted octanol–water partition coefficient (Wildman–Crippen LogP) is 0.701. The molecule has 1 aliphatic heterocycles. The molecule has 98 valence electrons. The second-order valence-electron chi connectivity index (χ2n) is 4.80. The second-order valence-corrected chi connectivity index (χ2v) is 4.80. The van der Waals surface area contributed by atoms with Crippen molar-refractivity contribution in [1.82, 2.24) is 0 Å². The minimum atomic E-state index is 0.0228. The molecule has 0 radical (unpaired) electrons. The van der Waals surface area contributed by atoms with Crippen LogP contribution in [0.5, 0.6) is 5.75 Å². The smallest absolute Gasteiger partial charge is 0.282 e. The van der Waals surface area contributed by atoms with Crippen LogP contribution >= 0.6 is 0 Å². The number of hydrogen-bond donors (Lipinski definition) is 2. The molecular weight excluding hydrogens is 228 g/mol. The Hall–Kier alpha value is -1.55. The second kappa shape index (κ2) is 5.87. The highest BCUT2D eigenvalue weighted by Gasteiger charge is 2.27. The van der Waals surface area contributed by atoms with Gasteiger partial charge >= 0.3 is 0 Å². The van der Waals surface area contributed by atoms with E-state index >= 15 is 0 Å². The third-order valence-corrected chi connectivity index (χ3v) is 3.61. The number of likely N-dealkylation sites (tertiary alicyclic amines) is 1. The Bertz CT molecular complexity index is 397. The van der Waals surface area contributed by atoms with Gasteiger partial charge in [0, 0.05) is 18.5 Å². The number of methoxy groups -OCH3 is 1. The molecular formula is C14H21N2O2+. The van der Waals surface area contributed by atoms with Crippen molar-refractivity contribution in [3.63, 3.8) is 0 Å². The molecule has 0 saturated carbocycles. The van der Waals surface area contributed by atoms with E-state index in [9.17, 15) is 4.79 Å². The molecule has 1 atom stereocenters. The van der Waals surface area contributed by atoms with E-state index in [4.69, 9.17) is 4.74 Å².